The van der Waals surface area contributed by atoms with E-state index in [1.807, 2.05) is 51.1 Å². The fourth-order valence-electron chi connectivity index (χ4n) is 3.03. The van der Waals surface area contributed by atoms with Gasteiger partial charge < -0.3 is 10.1 Å². The molecule has 0 aliphatic heterocycles. The van der Waals surface area contributed by atoms with E-state index in [1.54, 1.807) is 19.1 Å². The normalized spacial score (nSPS) is 13.5. The van der Waals surface area contributed by atoms with E-state index in [2.05, 4.69) is 5.32 Å². The summed E-state index contributed by atoms with van der Waals surface area (Å²) in [6.45, 7) is 7.29. The average Bonchev–Trinajstić information content (AvgIpc) is 2.61. The second kappa shape index (κ2) is 8.65. The molecule has 0 aromatic heterocycles. The number of nitrogens with one attached hydrogen (secondary N) is 1. The first-order chi connectivity index (χ1) is 13.0. The molecular formula is C21H28N2O4S. The number of benzene rings is 2. The van der Waals surface area contributed by atoms with Gasteiger partial charge in [-0.15, -0.1) is 0 Å². The maximum atomic E-state index is 12.9. The lowest BCUT2D eigenvalue weighted by molar-refractivity contribution is -0.122. The number of carbonyl (C=O) groups excluding carboxylic acids is 1. The average molecular weight is 405 g/mol. The van der Waals surface area contributed by atoms with E-state index in [-0.39, 0.29) is 11.9 Å². The van der Waals surface area contributed by atoms with E-state index in [4.69, 9.17) is 4.74 Å². The number of nitrogens with zero attached hydrogens (tertiary/aromatic N) is 1. The Morgan fingerprint density at radius 3 is 2.14 bits per heavy atom. The smallest absolute Gasteiger partial charge is 0.244 e. The highest BCUT2D eigenvalue weighted by Gasteiger charge is 2.32. The summed E-state index contributed by atoms with van der Waals surface area (Å²) in [5.41, 5.74) is 3.29. The lowest BCUT2D eigenvalue weighted by Gasteiger charge is -2.30. The lowest BCUT2D eigenvalue weighted by atomic mass is 10.1. The van der Waals surface area contributed by atoms with E-state index in [0.717, 1.165) is 27.3 Å². The number of anilines is 1. The second-order valence-electron chi connectivity index (χ2n) is 7.05. The first-order valence-electron chi connectivity index (χ1n) is 9.05. The highest BCUT2D eigenvalue weighted by atomic mass is 32.2. The first kappa shape index (κ1) is 21.8. The molecule has 0 spiro atoms. The highest BCUT2D eigenvalue weighted by molar-refractivity contribution is 7.92. The van der Waals surface area contributed by atoms with Gasteiger partial charge in [0.2, 0.25) is 15.9 Å². The first-order valence-corrected chi connectivity index (χ1v) is 10.9. The van der Waals surface area contributed by atoms with Crippen molar-refractivity contribution in [3.05, 3.63) is 59.2 Å². The van der Waals surface area contributed by atoms with Crippen molar-refractivity contribution in [2.45, 2.75) is 39.8 Å². The minimum atomic E-state index is -3.73. The Labute approximate surface area is 167 Å². The van der Waals surface area contributed by atoms with Crippen LogP contribution >= 0.6 is 0 Å². The van der Waals surface area contributed by atoms with Gasteiger partial charge in [0.25, 0.3) is 0 Å². The van der Waals surface area contributed by atoms with Crippen molar-refractivity contribution in [2.75, 3.05) is 17.7 Å². The minimum absolute atomic E-state index is 0.253. The molecule has 2 aromatic rings. The molecule has 0 saturated carbocycles. The van der Waals surface area contributed by atoms with Crippen LogP contribution in [-0.4, -0.2) is 33.7 Å². The van der Waals surface area contributed by atoms with Gasteiger partial charge in [0.15, 0.2) is 0 Å². The van der Waals surface area contributed by atoms with Crippen LogP contribution in [0.3, 0.4) is 0 Å². The summed E-state index contributed by atoms with van der Waals surface area (Å²) in [7, 11) is -2.25. The number of aryl methyl sites for hydroxylation is 2. The van der Waals surface area contributed by atoms with Crippen molar-refractivity contribution in [1.29, 1.82) is 0 Å². The minimum Gasteiger partial charge on any atom is -0.495 e. The number of carbonyl (C=O) groups is 1. The zero-order valence-corrected chi connectivity index (χ0v) is 18.0. The Bertz CT molecular complexity index is 939. The molecule has 1 amide bonds. The third-order valence-electron chi connectivity index (χ3n) is 4.60. The molecule has 0 aliphatic rings. The number of hydrogen-bond acceptors (Lipinski definition) is 4. The molecule has 6 nitrogen and oxygen atoms in total. The third kappa shape index (κ3) is 5.04. The predicted octanol–water partition coefficient (Wildman–Crippen LogP) is 3.34. The van der Waals surface area contributed by atoms with Crippen molar-refractivity contribution in [1.82, 2.24) is 5.32 Å². The van der Waals surface area contributed by atoms with Gasteiger partial charge in [-0.2, -0.15) is 0 Å². The fraction of sp³-hybridized carbons (Fsp3) is 0.381. The maximum absolute atomic E-state index is 12.9. The monoisotopic (exact) mass is 404 g/mol. The summed E-state index contributed by atoms with van der Waals surface area (Å²) in [4.78, 5) is 12.9. The molecule has 0 heterocycles. The van der Waals surface area contributed by atoms with E-state index in [0.29, 0.717) is 11.4 Å². The topological polar surface area (TPSA) is 75.7 Å². The maximum Gasteiger partial charge on any atom is 0.244 e. The predicted molar refractivity (Wildman–Crippen MR) is 112 cm³/mol. The Kier molecular flexibility index (Phi) is 6.72. The standard InChI is InChI=1S/C21H28N2O4S/c1-14-7-10-18(11-8-14)16(3)22-21(24)17(4)23(28(6,25)26)19-13-15(2)9-12-20(19)27-5/h7-13,16-17H,1-6H3,(H,22,24)/t16-,17+/m1/s1. The van der Waals surface area contributed by atoms with Crippen LogP contribution in [0.25, 0.3) is 0 Å². The van der Waals surface area contributed by atoms with Crippen LogP contribution < -0.4 is 14.4 Å². The highest BCUT2D eigenvalue weighted by Crippen LogP contribution is 2.32. The number of ether oxygens (including phenoxy) is 1. The van der Waals surface area contributed by atoms with Crippen LogP contribution in [0, 0.1) is 13.8 Å². The summed E-state index contributed by atoms with van der Waals surface area (Å²) in [6.07, 6.45) is 1.09. The summed E-state index contributed by atoms with van der Waals surface area (Å²) in [5.74, 6) is 0.00400. The molecule has 28 heavy (non-hydrogen) atoms. The quantitative estimate of drug-likeness (QED) is 0.768. The van der Waals surface area contributed by atoms with Crippen molar-refractivity contribution >= 4 is 21.6 Å². The molecule has 0 bridgehead atoms. The fourth-order valence-corrected chi connectivity index (χ4v) is 4.20. The van der Waals surface area contributed by atoms with Crippen LogP contribution in [0.4, 0.5) is 5.69 Å². The van der Waals surface area contributed by atoms with Crippen LogP contribution in [-0.2, 0) is 14.8 Å². The summed E-state index contributed by atoms with van der Waals surface area (Å²) < 4.78 is 31.5. The number of amides is 1. The van der Waals surface area contributed by atoms with Crippen molar-refractivity contribution in [3.8, 4) is 5.75 Å². The Morgan fingerprint density at radius 1 is 1.04 bits per heavy atom. The Hall–Kier alpha value is -2.54. The molecular weight excluding hydrogens is 376 g/mol. The molecule has 1 N–H and O–H groups in total. The van der Waals surface area contributed by atoms with Crippen LogP contribution in [0.2, 0.25) is 0 Å². The van der Waals surface area contributed by atoms with E-state index in [1.165, 1.54) is 7.11 Å². The van der Waals surface area contributed by atoms with Crippen LogP contribution in [0.5, 0.6) is 5.75 Å². The Morgan fingerprint density at radius 2 is 1.61 bits per heavy atom. The van der Waals surface area contributed by atoms with Gasteiger partial charge in [0.1, 0.15) is 11.8 Å². The largest absolute Gasteiger partial charge is 0.495 e. The molecule has 152 valence electrons. The molecule has 2 rings (SSSR count). The van der Waals surface area contributed by atoms with E-state index in [9.17, 15) is 13.2 Å². The van der Waals surface area contributed by atoms with Gasteiger partial charge in [-0.1, -0.05) is 35.9 Å². The summed E-state index contributed by atoms with van der Waals surface area (Å²) in [6, 6.07) is 11.9. The van der Waals surface area contributed by atoms with Gasteiger partial charge in [0.05, 0.1) is 25.1 Å². The molecule has 0 radical (unpaired) electrons. The van der Waals surface area contributed by atoms with Crippen LogP contribution in [0.1, 0.15) is 36.6 Å². The Balaban J connectivity index is 2.33. The summed E-state index contributed by atoms with van der Waals surface area (Å²) in [5, 5.41) is 2.90. The van der Waals surface area contributed by atoms with Gasteiger partial charge in [-0.05, 0) is 51.0 Å². The third-order valence-corrected chi connectivity index (χ3v) is 5.82. The van der Waals surface area contributed by atoms with Gasteiger partial charge in [0, 0.05) is 0 Å². The molecule has 0 unspecified atom stereocenters. The number of sulfonamides is 1. The zero-order valence-electron chi connectivity index (χ0n) is 17.2. The van der Waals surface area contributed by atoms with Crippen molar-refractivity contribution in [2.24, 2.45) is 0 Å². The van der Waals surface area contributed by atoms with Crippen LogP contribution in [0.15, 0.2) is 42.5 Å². The van der Waals surface area contributed by atoms with Gasteiger partial charge >= 0.3 is 0 Å². The van der Waals surface area contributed by atoms with Gasteiger partial charge in [-0.3, -0.25) is 9.10 Å². The molecule has 2 atom stereocenters. The molecule has 0 aliphatic carbocycles. The molecule has 0 fully saturated rings. The lowest BCUT2D eigenvalue weighted by Crippen LogP contribution is -2.48. The SMILES string of the molecule is COc1ccc(C)cc1N([C@@H](C)C(=O)N[C@H](C)c1ccc(C)cc1)S(C)(=O)=O. The van der Waals surface area contributed by atoms with Crippen molar-refractivity contribution in [3.63, 3.8) is 0 Å². The second-order valence-corrected chi connectivity index (χ2v) is 8.91. The van der Waals surface area contributed by atoms with E-state index >= 15 is 0 Å². The summed E-state index contributed by atoms with van der Waals surface area (Å²) >= 11 is 0. The van der Waals surface area contributed by atoms with Gasteiger partial charge in [-0.25, -0.2) is 8.42 Å². The number of rotatable bonds is 7. The molecule has 2 aromatic carbocycles. The molecule has 0 saturated heterocycles. The zero-order chi connectivity index (χ0) is 21.1. The number of hydrogen-bond donors (Lipinski definition) is 1. The molecule has 7 heteroatoms. The van der Waals surface area contributed by atoms with E-state index < -0.39 is 16.1 Å². The number of methoxy groups -OCH3 is 1. The van der Waals surface area contributed by atoms with Crippen molar-refractivity contribution < 1.29 is 17.9 Å².